The number of anilines is 1. The molecule has 0 aliphatic rings. The van der Waals surface area contributed by atoms with Crippen LogP contribution in [0.15, 0.2) is 24.3 Å². The Morgan fingerprint density at radius 3 is 2.00 bits per heavy atom. The molecule has 0 saturated carbocycles. The van der Waals surface area contributed by atoms with Crippen molar-refractivity contribution < 1.29 is 4.79 Å². The van der Waals surface area contributed by atoms with Crippen molar-refractivity contribution in [1.82, 2.24) is 5.32 Å². The van der Waals surface area contributed by atoms with E-state index in [0.29, 0.717) is 17.8 Å². The van der Waals surface area contributed by atoms with E-state index in [-0.39, 0.29) is 11.9 Å². The number of hydrogen-bond donors (Lipinski definition) is 2. The molecule has 1 rings (SSSR count). The zero-order valence-electron chi connectivity index (χ0n) is 14.2. The van der Waals surface area contributed by atoms with Gasteiger partial charge in [0.15, 0.2) is 0 Å². The third-order valence-corrected chi connectivity index (χ3v) is 4.08. The van der Waals surface area contributed by atoms with E-state index in [1.807, 2.05) is 38.1 Å². The average Bonchev–Trinajstić information content (AvgIpc) is 2.40. The summed E-state index contributed by atoms with van der Waals surface area (Å²) in [6.45, 7) is 13.8. The van der Waals surface area contributed by atoms with Crippen LogP contribution >= 0.6 is 0 Å². The molecule has 0 fully saturated rings. The van der Waals surface area contributed by atoms with Gasteiger partial charge in [0.1, 0.15) is 0 Å². The topological polar surface area (TPSA) is 41.1 Å². The van der Waals surface area contributed by atoms with Crippen LogP contribution in [-0.4, -0.2) is 18.5 Å². The van der Waals surface area contributed by atoms with Gasteiger partial charge in [-0.15, -0.1) is 0 Å². The van der Waals surface area contributed by atoms with Crippen molar-refractivity contribution in [1.29, 1.82) is 0 Å². The summed E-state index contributed by atoms with van der Waals surface area (Å²) in [5, 5.41) is 6.31. The Balaban J connectivity index is 2.49. The smallest absolute Gasteiger partial charge is 0.241 e. The van der Waals surface area contributed by atoms with Gasteiger partial charge in [-0.05, 0) is 50.3 Å². The summed E-state index contributed by atoms with van der Waals surface area (Å²) in [5.41, 5.74) is 2.04. The van der Waals surface area contributed by atoms with Crippen LogP contribution < -0.4 is 10.6 Å². The highest BCUT2D eigenvalue weighted by atomic mass is 16.2. The molecular weight excluding hydrogens is 260 g/mol. The summed E-state index contributed by atoms with van der Waals surface area (Å²) in [4.78, 5) is 12.2. The second-order valence-corrected chi connectivity index (χ2v) is 6.64. The van der Waals surface area contributed by atoms with Crippen LogP contribution in [0, 0.1) is 24.7 Å². The van der Waals surface area contributed by atoms with Crippen molar-refractivity contribution in [2.75, 3.05) is 11.9 Å². The molecule has 0 radical (unpaired) electrons. The van der Waals surface area contributed by atoms with Gasteiger partial charge in [-0.3, -0.25) is 4.79 Å². The van der Waals surface area contributed by atoms with Crippen molar-refractivity contribution in [2.45, 2.75) is 47.6 Å². The van der Waals surface area contributed by atoms with E-state index in [0.717, 1.165) is 12.2 Å². The number of benzene rings is 1. The molecule has 2 N–H and O–H groups in total. The summed E-state index contributed by atoms with van der Waals surface area (Å²) in [6, 6.07) is 7.68. The molecule has 0 aromatic heterocycles. The van der Waals surface area contributed by atoms with Gasteiger partial charge in [0, 0.05) is 5.69 Å². The van der Waals surface area contributed by atoms with Gasteiger partial charge >= 0.3 is 0 Å². The molecule has 118 valence electrons. The first-order chi connectivity index (χ1) is 9.81. The number of hydrogen-bond acceptors (Lipinski definition) is 2. The van der Waals surface area contributed by atoms with Gasteiger partial charge in [-0.2, -0.15) is 0 Å². The number of aryl methyl sites for hydroxylation is 1. The lowest BCUT2D eigenvalue weighted by molar-refractivity contribution is -0.117. The number of carbonyl (C=O) groups is 1. The lowest BCUT2D eigenvalue weighted by atomic mass is 9.85. The molecule has 3 heteroatoms. The van der Waals surface area contributed by atoms with Gasteiger partial charge < -0.3 is 10.6 Å². The quantitative estimate of drug-likeness (QED) is 0.801. The van der Waals surface area contributed by atoms with Crippen LogP contribution in [0.5, 0.6) is 0 Å². The molecule has 1 aromatic rings. The second-order valence-electron chi connectivity index (χ2n) is 6.64. The predicted molar refractivity (Wildman–Crippen MR) is 90.4 cm³/mol. The largest absolute Gasteiger partial charge is 0.325 e. The van der Waals surface area contributed by atoms with E-state index >= 15 is 0 Å². The molecule has 0 bridgehead atoms. The highest BCUT2D eigenvalue weighted by Gasteiger charge is 2.20. The number of rotatable bonds is 7. The van der Waals surface area contributed by atoms with E-state index in [4.69, 9.17) is 0 Å². The molecule has 0 aliphatic heterocycles. The summed E-state index contributed by atoms with van der Waals surface area (Å²) >= 11 is 0. The number of nitrogens with one attached hydrogen (secondary N) is 2. The summed E-state index contributed by atoms with van der Waals surface area (Å²) < 4.78 is 0. The third kappa shape index (κ3) is 5.88. The monoisotopic (exact) mass is 290 g/mol. The first-order valence-electron chi connectivity index (χ1n) is 7.92. The Morgan fingerprint density at radius 2 is 1.52 bits per heavy atom. The summed E-state index contributed by atoms with van der Waals surface area (Å²) in [5.74, 6) is 1.83. The fourth-order valence-electron chi connectivity index (χ4n) is 2.53. The van der Waals surface area contributed by atoms with Gasteiger partial charge in [-0.25, -0.2) is 0 Å². The van der Waals surface area contributed by atoms with E-state index in [9.17, 15) is 4.79 Å². The fraction of sp³-hybridized carbons (Fsp3) is 0.611. The first kappa shape index (κ1) is 17.7. The van der Waals surface area contributed by atoms with Crippen molar-refractivity contribution >= 4 is 11.6 Å². The maximum Gasteiger partial charge on any atom is 0.241 e. The molecule has 0 heterocycles. The maximum atomic E-state index is 12.2. The van der Waals surface area contributed by atoms with Gasteiger partial charge in [-0.1, -0.05) is 45.4 Å². The van der Waals surface area contributed by atoms with E-state index in [1.165, 1.54) is 5.56 Å². The van der Waals surface area contributed by atoms with Crippen molar-refractivity contribution in [3.63, 3.8) is 0 Å². The maximum absolute atomic E-state index is 12.2. The van der Waals surface area contributed by atoms with Crippen LogP contribution in [0.4, 0.5) is 5.69 Å². The van der Waals surface area contributed by atoms with Crippen LogP contribution in [0.1, 0.15) is 40.2 Å². The Labute approximate surface area is 129 Å². The van der Waals surface area contributed by atoms with Crippen molar-refractivity contribution in [2.24, 2.45) is 17.8 Å². The molecular formula is C18H30N2O. The molecule has 1 unspecified atom stereocenters. The minimum atomic E-state index is -0.189. The summed E-state index contributed by atoms with van der Waals surface area (Å²) in [7, 11) is 0. The highest BCUT2D eigenvalue weighted by molar-refractivity contribution is 5.94. The Bertz CT molecular complexity index is 429. The van der Waals surface area contributed by atoms with Crippen LogP contribution in [0.2, 0.25) is 0 Å². The predicted octanol–water partition coefficient (Wildman–Crippen LogP) is 3.84. The lowest BCUT2D eigenvalue weighted by Gasteiger charge is -2.26. The molecule has 0 saturated heterocycles. The van der Waals surface area contributed by atoms with Gasteiger partial charge in [0.05, 0.1) is 6.04 Å². The molecule has 3 nitrogen and oxygen atoms in total. The van der Waals surface area contributed by atoms with Crippen LogP contribution in [0.3, 0.4) is 0 Å². The van der Waals surface area contributed by atoms with E-state index in [1.54, 1.807) is 0 Å². The Hall–Kier alpha value is -1.35. The summed E-state index contributed by atoms with van der Waals surface area (Å²) in [6.07, 6.45) is 0. The van der Waals surface area contributed by atoms with Crippen LogP contribution in [-0.2, 0) is 4.79 Å². The van der Waals surface area contributed by atoms with Crippen molar-refractivity contribution in [3.8, 4) is 0 Å². The number of carbonyl (C=O) groups excluding carboxylic acids is 1. The molecule has 0 aliphatic carbocycles. The fourth-order valence-corrected chi connectivity index (χ4v) is 2.53. The van der Waals surface area contributed by atoms with E-state index in [2.05, 4.69) is 38.3 Å². The zero-order chi connectivity index (χ0) is 16.0. The van der Waals surface area contributed by atoms with Gasteiger partial charge in [0.2, 0.25) is 5.91 Å². The molecule has 1 aromatic carbocycles. The Morgan fingerprint density at radius 1 is 1.00 bits per heavy atom. The zero-order valence-corrected chi connectivity index (χ0v) is 14.2. The number of amides is 1. The van der Waals surface area contributed by atoms with Crippen molar-refractivity contribution in [3.05, 3.63) is 29.8 Å². The molecule has 0 spiro atoms. The van der Waals surface area contributed by atoms with E-state index < -0.39 is 0 Å². The SMILES string of the molecule is Cc1ccc(NC(=O)C(C)NCC(C(C)C)C(C)C)cc1. The van der Waals surface area contributed by atoms with Crippen LogP contribution in [0.25, 0.3) is 0 Å². The third-order valence-electron chi connectivity index (χ3n) is 4.08. The lowest BCUT2D eigenvalue weighted by Crippen LogP contribution is -2.42. The average molecular weight is 290 g/mol. The first-order valence-corrected chi connectivity index (χ1v) is 7.92. The minimum Gasteiger partial charge on any atom is -0.325 e. The molecule has 1 amide bonds. The molecule has 1 atom stereocenters. The normalized spacial score (nSPS) is 13.0. The molecule has 21 heavy (non-hydrogen) atoms. The Kier molecular flexibility index (Phi) is 6.90. The second kappa shape index (κ2) is 8.18. The van der Waals surface area contributed by atoms with Gasteiger partial charge in [0.25, 0.3) is 0 Å². The highest BCUT2D eigenvalue weighted by Crippen LogP contribution is 2.19. The standard InChI is InChI=1S/C18H30N2O/c1-12(2)17(13(3)4)11-19-15(6)18(21)20-16-9-7-14(5)8-10-16/h7-10,12-13,15,17,19H,11H2,1-6H3,(H,20,21). The minimum absolute atomic E-state index is 0.0186.